The van der Waals surface area contributed by atoms with Crippen molar-refractivity contribution >= 4 is 0 Å². The van der Waals surface area contributed by atoms with E-state index in [4.69, 9.17) is 0 Å². The maximum atomic E-state index is 13.1. The van der Waals surface area contributed by atoms with E-state index in [1.54, 1.807) is 6.20 Å². The summed E-state index contributed by atoms with van der Waals surface area (Å²) in [5.74, 6) is -0.326. The molecule has 0 amide bonds. The van der Waals surface area contributed by atoms with E-state index in [-0.39, 0.29) is 5.92 Å². The summed E-state index contributed by atoms with van der Waals surface area (Å²) < 4.78 is 13.1. The van der Waals surface area contributed by atoms with Crippen LogP contribution < -0.4 is 0 Å². The monoisotopic (exact) mass is 198 g/mol. The summed E-state index contributed by atoms with van der Waals surface area (Å²) in [7, 11) is 0. The summed E-state index contributed by atoms with van der Waals surface area (Å²) in [6.45, 7) is 9.73. The van der Waals surface area contributed by atoms with Crippen LogP contribution in [0.1, 0.15) is 51.9 Å². The number of aromatic nitrogens is 2. The highest BCUT2D eigenvalue weighted by Crippen LogP contribution is 2.13. The van der Waals surface area contributed by atoms with Crippen molar-refractivity contribution in [2.45, 2.75) is 47.0 Å². The number of aryl methyl sites for hydroxylation is 1. The molecule has 0 saturated carbocycles. The molecule has 0 aliphatic carbocycles. The molecule has 0 radical (unpaired) electrons. The minimum Gasteiger partial charge on any atom is -0.254 e. The predicted molar refractivity (Wildman–Crippen MR) is 56.8 cm³/mol. The lowest BCUT2D eigenvalue weighted by Crippen LogP contribution is -2.02. The molecule has 14 heavy (non-hydrogen) atoms. The highest BCUT2D eigenvalue weighted by Gasteiger charge is 2.09. The van der Waals surface area contributed by atoms with Crippen molar-refractivity contribution in [1.82, 2.24) is 9.97 Å². The van der Waals surface area contributed by atoms with E-state index in [1.807, 2.05) is 34.6 Å². The Hall–Kier alpha value is -0.990. The van der Waals surface area contributed by atoms with Gasteiger partial charge in [-0.15, -0.1) is 0 Å². The van der Waals surface area contributed by atoms with E-state index < -0.39 is 5.95 Å². The number of nitrogens with zero attached hydrogens (tertiary/aromatic N) is 2. The average molecular weight is 198 g/mol. The van der Waals surface area contributed by atoms with E-state index in [9.17, 15) is 4.39 Å². The van der Waals surface area contributed by atoms with E-state index in [2.05, 4.69) is 9.97 Å². The first-order valence-electron chi connectivity index (χ1n) is 5.16. The highest BCUT2D eigenvalue weighted by atomic mass is 19.1. The Morgan fingerprint density at radius 3 is 2.29 bits per heavy atom. The Morgan fingerprint density at radius 2 is 1.93 bits per heavy atom. The van der Waals surface area contributed by atoms with E-state index in [0.717, 1.165) is 6.42 Å². The zero-order valence-corrected chi connectivity index (χ0v) is 9.63. The number of hydrogen-bond acceptors (Lipinski definition) is 2. The van der Waals surface area contributed by atoms with Crippen molar-refractivity contribution in [2.24, 2.45) is 0 Å². The Morgan fingerprint density at radius 1 is 1.36 bits per heavy atom. The first kappa shape index (κ1) is 13.0. The van der Waals surface area contributed by atoms with Gasteiger partial charge in [0, 0.05) is 12.1 Å². The Bertz CT molecular complexity index is 272. The van der Waals surface area contributed by atoms with Crippen molar-refractivity contribution in [2.75, 3.05) is 0 Å². The fraction of sp³-hybridized carbons (Fsp3) is 0.636. The molecule has 1 heterocycles. The van der Waals surface area contributed by atoms with Crippen LogP contribution in [-0.4, -0.2) is 9.97 Å². The maximum absolute atomic E-state index is 13.1. The van der Waals surface area contributed by atoms with Gasteiger partial charge in [0.1, 0.15) is 0 Å². The Balaban J connectivity index is 0.000000791. The molecule has 0 atom stereocenters. The molecule has 0 aliphatic rings. The first-order valence-corrected chi connectivity index (χ1v) is 5.16. The number of rotatable bonds is 2. The van der Waals surface area contributed by atoms with Crippen LogP contribution in [-0.2, 0) is 6.42 Å². The second-order valence-electron chi connectivity index (χ2n) is 3.05. The highest BCUT2D eigenvalue weighted by molar-refractivity contribution is 5.07. The van der Waals surface area contributed by atoms with Gasteiger partial charge in [0.15, 0.2) is 0 Å². The quantitative estimate of drug-likeness (QED) is 0.728. The summed E-state index contributed by atoms with van der Waals surface area (Å²) in [5, 5.41) is 0. The van der Waals surface area contributed by atoms with Crippen LogP contribution in [0.15, 0.2) is 6.20 Å². The van der Waals surface area contributed by atoms with Gasteiger partial charge < -0.3 is 0 Å². The zero-order valence-electron chi connectivity index (χ0n) is 9.63. The van der Waals surface area contributed by atoms with Crippen LogP contribution in [0.4, 0.5) is 4.39 Å². The van der Waals surface area contributed by atoms with Gasteiger partial charge >= 0.3 is 0 Å². The van der Waals surface area contributed by atoms with Crippen LogP contribution in [0, 0.1) is 5.95 Å². The van der Waals surface area contributed by atoms with Gasteiger partial charge in [-0.3, -0.25) is 4.98 Å². The van der Waals surface area contributed by atoms with Crippen molar-refractivity contribution in [3.05, 3.63) is 23.5 Å². The van der Waals surface area contributed by atoms with Crippen LogP contribution in [0.25, 0.3) is 0 Å². The van der Waals surface area contributed by atoms with Crippen molar-refractivity contribution < 1.29 is 4.39 Å². The standard InChI is InChI=1S/C9H13FN2.C2H6/c1-4-7-5-11-8(6(2)3)9(10)12-7;1-2/h5-6H,4H2,1-3H3;1-2H3. The van der Waals surface area contributed by atoms with E-state index in [0.29, 0.717) is 11.4 Å². The summed E-state index contributed by atoms with van der Waals surface area (Å²) in [5.41, 5.74) is 1.16. The topological polar surface area (TPSA) is 25.8 Å². The third-order valence-corrected chi connectivity index (χ3v) is 1.71. The molecule has 0 unspecified atom stereocenters. The second-order valence-corrected chi connectivity index (χ2v) is 3.05. The summed E-state index contributed by atoms with van der Waals surface area (Å²) in [6, 6.07) is 0. The largest absolute Gasteiger partial charge is 0.254 e. The molecule has 0 bridgehead atoms. The smallest absolute Gasteiger partial charge is 0.235 e. The average Bonchev–Trinajstić information content (AvgIpc) is 2.20. The fourth-order valence-corrected chi connectivity index (χ4v) is 0.967. The number of halogens is 1. The summed E-state index contributed by atoms with van der Waals surface area (Å²) in [6.07, 6.45) is 2.36. The lowest BCUT2D eigenvalue weighted by molar-refractivity contribution is 0.537. The van der Waals surface area contributed by atoms with Crippen molar-refractivity contribution in [3.8, 4) is 0 Å². The van der Waals surface area contributed by atoms with Crippen LogP contribution in [0.3, 0.4) is 0 Å². The molecular formula is C11H19FN2. The molecule has 1 rings (SSSR count). The Labute approximate surface area is 85.6 Å². The molecule has 0 spiro atoms. The molecule has 0 aliphatic heterocycles. The SMILES string of the molecule is CC.CCc1cnc(C(C)C)c(F)n1. The molecule has 1 aromatic heterocycles. The molecule has 0 fully saturated rings. The minimum absolute atomic E-state index is 0.100. The summed E-state index contributed by atoms with van der Waals surface area (Å²) >= 11 is 0. The normalized spacial score (nSPS) is 9.64. The molecule has 0 N–H and O–H groups in total. The fourth-order valence-electron chi connectivity index (χ4n) is 0.967. The van der Waals surface area contributed by atoms with Crippen LogP contribution in [0.5, 0.6) is 0 Å². The van der Waals surface area contributed by atoms with E-state index >= 15 is 0 Å². The molecule has 0 saturated heterocycles. The first-order chi connectivity index (χ1) is 6.65. The molecule has 0 aromatic carbocycles. The molecular weight excluding hydrogens is 179 g/mol. The Kier molecular flexibility index (Phi) is 6.00. The van der Waals surface area contributed by atoms with Gasteiger partial charge in [-0.05, 0) is 6.42 Å². The van der Waals surface area contributed by atoms with Gasteiger partial charge in [0.25, 0.3) is 0 Å². The van der Waals surface area contributed by atoms with Crippen molar-refractivity contribution in [1.29, 1.82) is 0 Å². The van der Waals surface area contributed by atoms with Crippen LogP contribution in [0.2, 0.25) is 0 Å². The van der Waals surface area contributed by atoms with E-state index in [1.165, 1.54) is 0 Å². The molecule has 3 heteroatoms. The molecule has 1 aromatic rings. The number of hydrogen-bond donors (Lipinski definition) is 0. The predicted octanol–water partition coefficient (Wildman–Crippen LogP) is 3.33. The lowest BCUT2D eigenvalue weighted by Gasteiger charge is -2.05. The van der Waals surface area contributed by atoms with Gasteiger partial charge in [-0.2, -0.15) is 4.39 Å². The van der Waals surface area contributed by atoms with Crippen molar-refractivity contribution in [3.63, 3.8) is 0 Å². The zero-order chi connectivity index (χ0) is 11.1. The second kappa shape index (κ2) is 6.46. The molecule has 2 nitrogen and oxygen atoms in total. The van der Waals surface area contributed by atoms with Gasteiger partial charge in [-0.25, -0.2) is 4.98 Å². The van der Waals surface area contributed by atoms with Crippen LogP contribution >= 0.6 is 0 Å². The lowest BCUT2D eigenvalue weighted by atomic mass is 10.1. The molecule has 80 valence electrons. The minimum atomic E-state index is -0.427. The van der Waals surface area contributed by atoms with Gasteiger partial charge in [-0.1, -0.05) is 34.6 Å². The van der Waals surface area contributed by atoms with Gasteiger partial charge in [0.2, 0.25) is 5.95 Å². The van der Waals surface area contributed by atoms with Gasteiger partial charge in [0.05, 0.1) is 11.4 Å². The summed E-state index contributed by atoms with van der Waals surface area (Å²) in [4.78, 5) is 7.79. The third kappa shape index (κ3) is 3.40. The maximum Gasteiger partial charge on any atom is 0.235 e. The third-order valence-electron chi connectivity index (χ3n) is 1.71.